The molecule has 1 rings (SSSR count). The Kier molecular flexibility index (Phi) is 62.4. The van der Waals surface area contributed by atoms with Crippen LogP contribution in [0.15, 0.2) is 122 Å². The molecule has 1 amide bonds. The predicted molar refractivity (Wildman–Crippen MR) is 377 cm³/mol. The van der Waals surface area contributed by atoms with Crippen LogP contribution < -0.4 is 5.32 Å². The van der Waals surface area contributed by atoms with Gasteiger partial charge in [0, 0.05) is 6.42 Å². The highest BCUT2D eigenvalue weighted by Gasteiger charge is 2.44. The maximum Gasteiger partial charge on any atom is 0.220 e. The lowest BCUT2D eigenvalue weighted by molar-refractivity contribution is -0.302. The van der Waals surface area contributed by atoms with Crippen molar-refractivity contribution in [1.29, 1.82) is 0 Å². The Morgan fingerprint density at radius 2 is 0.705 bits per heavy atom. The smallest absolute Gasteiger partial charge is 0.220 e. The molecule has 1 aliphatic rings. The topological polar surface area (TPSA) is 149 Å². The van der Waals surface area contributed by atoms with Gasteiger partial charge in [-0.1, -0.05) is 341 Å². The SMILES string of the molecule is CC/C=C\C/C=C\C/C=C\C/C=C\C/C=C\C/C=C\C/C=C\C/C=C\C/C=C\CCCCCCCC(=O)NC(COC1OC(CO)C(O)C(O)C1O)C(O)/C=C/CCCCCCCCCCCCCCCCCCCCCCCCCCCCCCCC. The molecule has 1 heterocycles. The Labute approximate surface area is 541 Å². The summed E-state index contributed by atoms with van der Waals surface area (Å²) in [6, 6.07) is -0.827. The normalized spacial score (nSPS) is 18.6. The van der Waals surface area contributed by atoms with Crippen molar-refractivity contribution in [2.45, 2.75) is 358 Å². The maximum atomic E-state index is 13.1. The zero-order chi connectivity index (χ0) is 63.5. The van der Waals surface area contributed by atoms with Crippen molar-refractivity contribution in [1.82, 2.24) is 5.32 Å². The first-order chi connectivity index (χ1) is 43.3. The minimum absolute atomic E-state index is 0.197. The molecule has 9 heteroatoms. The summed E-state index contributed by atoms with van der Waals surface area (Å²) in [7, 11) is 0. The third kappa shape index (κ3) is 54.3. The molecule has 7 atom stereocenters. The van der Waals surface area contributed by atoms with E-state index >= 15 is 0 Å². The highest BCUT2D eigenvalue weighted by atomic mass is 16.7. The summed E-state index contributed by atoms with van der Waals surface area (Å²) in [5, 5.41) is 54.8. The Balaban J connectivity index is 2.17. The Bertz CT molecular complexity index is 1810. The molecule has 0 bridgehead atoms. The number of hydrogen-bond acceptors (Lipinski definition) is 8. The van der Waals surface area contributed by atoms with Gasteiger partial charge < -0.3 is 40.3 Å². The van der Waals surface area contributed by atoms with E-state index in [-0.39, 0.29) is 12.5 Å². The van der Waals surface area contributed by atoms with Crippen LogP contribution in [-0.4, -0.2) is 87.5 Å². The highest BCUT2D eigenvalue weighted by molar-refractivity contribution is 5.76. The maximum absolute atomic E-state index is 13.1. The van der Waals surface area contributed by atoms with Crippen molar-refractivity contribution in [2.24, 2.45) is 0 Å². The first kappa shape index (κ1) is 82.6. The zero-order valence-electron chi connectivity index (χ0n) is 56.7. The van der Waals surface area contributed by atoms with Gasteiger partial charge >= 0.3 is 0 Å². The van der Waals surface area contributed by atoms with Crippen molar-refractivity contribution < 1.29 is 39.8 Å². The van der Waals surface area contributed by atoms with E-state index in [1.54, 1.807) is 6.08 Å². The molecule has 7 unspecified atom stereocenters. The molecule has 0 radical (unpaired) electrons. The van der Waals surface area contributed by atoms with E-state index in [9.17, 15) is 30.3 Å². The predicted octanol–water partition coefficient (Wildman–Crippen LogP) is 20.6. The lowest BCUT2D eigenvalue weighted by Gasteiger charge is -2.40. The fourth-order valence-electron chi connectivity index (χ4n) is 11.1. The largest absolute Gasteiger partial charge is 0.394 e. The number of rotatable bonds is 63. The van der Waals surface area contributed by atoms with Gasteiger partial charge in [0.1, 0.15) is 24.4 Å². The molecule has 0 aromatic rings. The van der Waals surface area contributed by atoms with Crippen LogP contribution >= 0.6 is 0 Å². The third-order valence-electron chi connectivity index (χ3n) is 16.8. The fraction of sp³-hybridized carbons (Fsp3) is 0.734. The van der Waals surface area contributed by atoms with Crippen LogP contribution in [0.5, 0.6) is 0 Å². The second kappa shape index (κ2) is 66.5. The molecule has 0 aromatic carbocycles. The number of aliphatic hydroxyl groups is 5. The molecule has 1 saturated heterocycles. The average Bonchev–Trinajstić information content (AvgIpc) is 3.65. The Morgan fingerprint density at radius 3 is 1.05 bits per heavy atom. The Morgan fingerprint density at radius 1 is 0.398 bits per heavy atom. The van der Waals surface area contributed by atoms with Crippen LogP contribution in [0.25, 0.3) is 0 Å². The number of carbonyl (C=O) groups excluding carboxylic acids is 1. The van der Waals surface area contributed by atoms with Crippen molar-refractivity contribution >= 4 is 5.91 Å². The van der Waals surface area contributed by atoms with Gasteiger partial charge in [0.05, 0.1) is 25.4 Å². The van der Waals surface area contributed by atoms with E-state index in [1.165, 1.54) is 180 Å². The van der Waals surface area contributed by atoms with Crippen molar-refractivity contribution in [3.63, 3.8) is 0 Å². The first-order valence-corrected chi connectivity index (χ1v) is 36.8. The molecule has 0 aliphatic carbocycles. The number of hydrogen-bond donors (Lipinski definition) is 6. The lowest BCUT2D eigenvalue weighted by Crippen LogP contribution is -2.60. The number of carbonyl (C=O) groups is 1. The van der Waals surface area contributed by atoms with Gasteiger partial charge in [-0.2, -0.15) is 0 Å². The molecule has 9 nitrogen and oxygen atoms in total. The van der Waals surface area contributed by atoms with Gasteiger partial charge in [-0.15, -0.1) is 0 Å². The molecular formula is C79H137NO8. The molecule has 6 N–H and O–H groups in total. The third-order valence-corrected chi connectivity index (χ3v) is 16.8. The van der Waals surface area contributed by atoms with Crippen LogP contribution in [0.4, 0.5) is 0 Å². The number of amides is 1. The fourth-order valence-corrected chi connectivity index (χ4v) is 11.1. The molecule has 506 valence electrons. The summed E-state index contributed by atoms with van der Waals surface area (Å²) in [6.07, 6.45) is 93.1. The van der Waals surface area contributed by atoms with Crippen LogP contribution in [0.1, 0.15) is 316 Å². The van der Waals surface area contributed by atoms with Gasteiger partial charge in [0.15, 0.2) is 6.29 Å². The molecule has 1 fully saturated rings. The first-order valence-electron chi connectivity index (χ1n) is 36.8. The second-order valence-corrected chi connectivity index (χ2v) is 25.0. The van der Waals surface area contributed by atoms with E-state index in [0.29, 0.717) is 6.42 Å². The average molecular weight is 1230 g/mol. The van der Waals surface area contributed by atoms with Crippen molar-refractivity contribution in [3.05, 3.63) is 122 Å². The summed E-state index contributed by atoms with van der Waals surface area (Å²) < 4.78 is 11.3. The summed E-state index contributed by atoms with van der Waals surface area (Å²) >= 11 is 0. The quantitative estimate of drug-likeness (QED) is 0.0261. The highest BCUT2D eigenvalue weighted by Crippen LogP contribution is 2.23. The molecule has 88 heavy (non-hydrogen) atoms. The number of ether oxygens (including phenoxy) is 2. The van der Waals surface area contributed by atoms with E-state index in [0.717, 1.165) is 116 Å². The summed E-state index contributed by atoms with van der Waals surface area (Å²) in [5.74, 6) is -0.197. The van der Waals surface area contributed by atoms with E-state index in [4.69, 9.17) is 9.47 Å². The number of aliphatic hydroxyl groups excluding tert-OH is 5. The van der Waals surface area contributed by atoms with Crippen LogP contribution in [0, 0.1) is 0 Å². The molecule has 0 spiro atoms. The van der Waals surface area contributed by atoms with Crippen LogP contribution in [0.3, 0.4) is 0 Å². The summed E-state index contributed by atoms with van der Waals surface area (Å²) in [4.78, 5) is 13.1. The van der Waals surface area contributed by atoms with Gasteiger partial charge in [0.25, 0.3) is 0 Å². The zero-order valence-corrected chi connectivity index (χ0v) is 56.7. The molecule has 0 aromatic heterocycles. The summed E-state index contributed by atoms with van der Waals surface area (Å²) in [5.41, 5.74) is 0. The van der Waals surface area contributed by atoms with Gasteiger partial charge in [-0.05, 0) is 89.9 Å². The van der Waals surface area contributed by atoms with Crippen molar-refractivity contribution in [3.8, 4) is 0 Å². The standard InChI is InChI=1S/C79H137NO8/c1-3-5-7-9-11-13-15-17-19-21-23-25-27-29-31-33-35-37-39-41-43-45-47-49-51-53-55-57-59-61-63-65-67-69-75(83)80-72(71-87-79-78(86)77(85)76(84)74(70-81)88-79)73(82)68-66-64-62-60-58-56-54-52-50-48-46-44-42-40-38-36-34-32-30-28-26-24-22-20-18-16-14-12-10-8-6-4-2/h5,7,11,13,17,19,23,25,29,31,35,37,41,43,47,49,53,55,66,68,72-74,76-79,81-82,84-86H,3-4,6,8-10,12,14-16,18,20-22,24,26-28,30,32-34,36,38-40,42,44-46,48,50-52,54,56-65,67,69-71H2,1-2H3,(H,80,83)/b7-5-,13-11-,19-17-,25-23-,31-29-,37-35-,43-41-,49-47-,55-53-,68-66+. The van der Waals surface area contributed by atoms with Crippen LogP contribution in [-0.2, 0) is 14.3 Å². The molecule has 1 aliphatic heterocycles. The molecular weight excluding hydrogens is 1090 g/mol. The van der Waals surface area contributed by atoms with Gasteiger partial charge in [0.2, 0.25) is 5.91 Å². The monoisotopic (exact) mass is 1230 g/mol. The second-order valence-electron chi connectivity index (χ2n) is 25.0. The lowest BCUT2D eigenvalue weighted by atomic mass is 9.99. The van der Waals surface area contributed by atoms with Crippen molar-refractivity contribution in [2.75, 3.05) is 13.2 Å². The van der Waals surface area contributed by atoms with Gasteiger partial charge in [-0.25, -0.2) is 0 Å². The van der Waals surface area contributed by atoms with E-state index in [2.05, 4.69) is 129 Å². The molecule has 0 saturated carbocycles. The number of nitrogens with one attached hydrogen (secondary N) is 1. The minimum Gasteiger partial charge on any atom is -0.394 e. The van der Waals surface area contributed by atoms with E-state index < -0.39 is 49.5 Å². The number of unbranched alkanes of at least 4 members (excludes halogenated alkanes) is 35. The Hall–Kier alpha value is -3.41. The van der Waals surface area contributed by atoms with E-state index in [1.807, 2.05) is 6.08 Å². The van der Waals surface area contributed by atoms with Gasteiger partial charge in [-0.3, -0.25) is 4.79 Å². The minimum atomic E-state index is -1.58. The van der Waals surface area contributed by atoms with Crippen LogP contribution in [0.2, 0.25) is 0 Å². The summed E-state index contributed by atoms with van der Waals surface area (Å²) in [6.45, 7) is 3.68. The number of allylic oxidation sites excluding steroid dienone is 19.